The average molecular weight is 556 g/mol. The third-order valence-corrected chi connectivity index (χ3v) is 7.70. The third kappa shape index (κ3) is 5.28. The number of hydrogen-bond donors (Lipinski definition) is 1. The molecule has 0 bridgehead atoms. The quantitative estimate of drug-likeness (QED) is 0.244. The number of rotatable bonds is 7. The number of esters is 1. The molecule has 2 aromatic heterocycles. The Bertz CT molecular complexity index is 1650. The summed E-state index contributed by atoms with van der Waals surface area (Å²) in [7, 11) is 3.37. The van der Waals surface area contributed by atoms with Crippen LogP contribution in [0.3, 0.4) is 0 Å². The number of carbonyl (C=O) groups excluding carboxylic acids is 1. The van der Waals surface area contributed by atoms with E-state index in [0.29, 0.717) is 17.1 Å². The minimum atomic E-state index is -0.429. The molecule has 5 aromatic rings. The summed E-state index contributed by atoms with van der Waals surface area (Å²) >= 11 is 6.10. The van der Waals surface area contributed by atoms with E-state index in [1.54, 1.807) is 6.07 Å². The molecule has 40 heavy (non-hydrogen) atoms. The number of aromatic amines is 1. The Labute approximate surface area is 237 Å². The van der Waals surface area contributed by atoms with Gasteiger partial charge in [0.1, 0.15) is 17.1 Å². The van der Waals surface area contributed by atoms with Crippen LogP contribution in [0, 0.1) is 0 Å². The van der Waals surface area contributed by atoms with E-state index >= 15 is 0 Å². The van der Waals surface area contributed by atoms with E-state index in [0.717, 1.165) is 65.5 Å². The Morgan fingerprint density at radius 3 is 2.58 bits per heavy atom. The number of aromatic nitrogens is 3. The van der Waals surface area contributed by atoms with Crippen molar-refractivity contribution in [3.8, 4) is 22.6 Å². The fourth-order valence-corrected chi connectivity index (χ4v) is 5.32. The highest BCUT2D eigenvalue weighted by molar-refractivity contribution is 6.30. The molecule has 0 spiro atoms. The fourth-order valence-electron chi connectivity index (χ4n) is 5.19. The second-order valence-electron chi connectivity index (χ2n) is 9.90. The second-order valence-corrected chi connectivity index (χ2v) is 10.3. The Hall–Kier alpha value is -4.27. The van der Waals surface area contributed by atoms with Crippen LogP contribution in [0.15, 0.2) is 79.1 Å². The van der Waals surface area contributed by atoms with Gasteiger partial charge in [-0.1, -0.05) is 23.7 Å². The first-order chi connectivity index (χ1) is 19.5. The second kappa shape index (κ2) is 11.1. The maximum Gasteiger partial charge on any atom is 0.341 e. The van der Waals surface area contributed by atoms with Crippen molar-refractivity contribution in [2.24, 2.45) is 7.05 Å². The molecule has 1 fully saturated rings. The molecule has 204 valence electrons. The van der Waals surface area contributed by atoms with Crippen LogP contribution in [0.2, 0.25) is 5.02 Å². The van der Waals surface area contributed by atoms with Gasteiger partial charge in [0.2, 0.25) is 0 Å². The molecule has 0 aliphatic carbocycles. The number of nitrogens with one attached hydrogen (secondary N) is 1. The summed E-state index contributed by atoms with van der Waals surface area (Å²) in [6, 6.07) is 21.4. The number of carbonyl (C=O) groups is 1. The highest BCUT2D eigenvalue weighted by Crippen LogP contribution is 2.33. The van der Waals surface area contributed by atoms with E-state index in [4.69, 9.17) is 21.1 Å². The van der Waals surface area contributed by atoms with E-state index in [2.05, 4.69) is 19.9 Å². The van der Waals surface area contributed by atoms with Crippen molar-refractivity contribution in [3.63, 3.8) is 0 Å². The predicted molar refractivity (Wildman–Crippen MR) is 157 cm³/mol. The Morgan fingerprint density at radius 1 is 1.00 bits per heavy atom. The largest absolute Gasteiger partial charge is 0.465 e. The predicted octanol–water partition coefficient (Wildman–Crippen LogP) is 6.12. The monoisotopic (exact) mass is 555 g/mol. The number of aryl methyl sites for hydroxylation is 1. The zero-order valence-electron chi connectivity index (χ0n) is 22.4. The van der Waals surface area contributed by atoms with Crippen molar-refractivity contribution in [1.82, 2.24) is 19.7 Å². The molecular weight excluding hydrogens is 526 g/mol. The first-order valence-electron chi connectivity index (χ1n) is 13.2. The average Bonchev–Trinajstić information content (AvgIpc) is 3.59. The smallest absolute Gasteiger partial charge is 0.341 e. The van der Waals surface area contributed by atoms with Crippen molar-refractivity contribution < 1.29 is 14.3 Å². The van der Waals surface area contributed by atoms with Gasteiger partial charge in [0.25, 0.3) is 0 Å². The molecule has 8 nitrogen and oxygen atoms in total. The summed E-state index contributed by atoms with van der Waals surface area (Å²) in [6.07, 6.45) is 3.81. The maximum atomic E-state index is 12.5. The number of H-pyrrole nitrogens is 1. The summed E-state index contributed by atoms with van der Waals surface area (Å²) < 4.78 is 13.2. The van der Waals surface area contributed by atoms with Crippen LogP contribution in [-0.4, -0.2) is 58.9 Å². The molecule has 0 saturated carbocycles. The summed E-state index contributed by atoms with van der Waals surface area (Å²) in [4.78, 5) is 20.5. The van der Waals surface area contributed by atoms with Gasteiger partial charge in [-0.25, -0.2) is 4.79 Å². The van der Waals surface area contributed by atoms with Crippen molar-refractivity contribution in [3.05, 3.63) is 95.4 Å². The van der Waals surface area contributed by atoms with Gasteiger partial charge in [-0.05, 0) is 54.1 Å². The molecule has 1 aliphatic heterocycles. The molecular formula is C31H30ClN5O3. The van der Waals surface area contributed by atoms with E-state index in [1.807, 2.05) is 84.8 Å². The minimum absolute atomic E-state index is 0.394. The van der Waals surface area contributed by atoms with Gasteiger partial charge in [-0.2, -0.15) is 5.10 Å². The molecule has 0 unspecified atom stereocenters. The molecule has 3 heterocycles. The van der Waals surface area contributed by atoms with Gasteiger partial charge >= 0.3 is 5.97 Å². The number of nitrogens with zero attached hydrogens (tertiary/aromatic N) is 4. The lowest BCUT2D eigenvalue weighted by atomic mass is 10.1. The normalized spacial score (nSPS) is 14.0. The molecule has 0 amide bonds. The van der Waals surface area contributed by atoms with E-state index < -0.39 is 5.97 Å². The standard InChI is InChI=1S/C31H30ClN5O3/c1-35-29(27(19-34-35)21-3-5-23(32)6-4-21)20-36-13-15-37(16-14-36)24-7-9-26(31(38)39-2)30(18-24)40-25-8-10-28-22(17-25)11-12-33-28/h3-12,17-19,33H,13-16,20H2,1-2H3. The van der Waals surface area contributed by atoms with Crippen LogP contribution in [0.1, 0.15) is 16.1 Å². The minimum Gasteiger partial charge on any atom is -0.465 e. The Balaban J connectivity index is 1.17. The van der Waals surface area contributed by atoms with Crippen molar-refractivity contribution in [1.29, 1.82) is 0 Å². The van der Waals surface area contributed by atoms with Gasteiger partial charge in [-0.3, -0.25) is 9.58 Å². The lowest BCUT2D eigenvalue weighted by Gasteiger charge is -2.36. The summed E-state index contributed by atoms with van der Waals surface area (Å²) in [5.41, 5.74) is 5.84. The summed E-state index contributed by atoms with van der Waals surface area (Å²) in [6.45, 7) is 4.29. The lowest BCUT2D eigenvalue weighted by molar-refractivity contribution is 0.0598. The highest BCUT2D eigenvalue weighted by Gasteiger charge is 2.23. The molecule has 9 heteroatoms. The highest BCUT2D eigenvalue weighted by atomic mass is 35.5. The number of methoxy groups -OCH3 is 1. The lowest BCUT2D eigenvalue weighted by Crippen LogP contribution is -2.46. The van der Waals surface area contributed by atoms with Gasteiger partial charge in [0.15, 0.2) is 0 Å². The molecule has 1 saturated heterocycles. The zero-order valence-corrected chi connectivity index (χ0v) is 23.2. The molecule has 1 N–H and O–H groups in total. The number of fused-ring (bicyclic) bond motifs is 1. The van der Waals surface area contributed by atoms with E-state index in [1.165, 1.54) is 12.8 Å². The van der Waals surface area contributed by atoms with Crippen LogP contribution < -0.4 is 9.64 Å². The van der Waals surface area contributed by atoms with Crippen LogP contribution >= 0.6 is 11.6 Å². The van der Waals surface area contributed by atoms with Gasteiger partial charge < -0.3 is 19.4 Å². The number of ether oxygens (including phenoxy) is 2. The van der Waals surface area contributed by atoms with Gasteiger partial charge in [-0.15, -0.1) is 0 Å². The number of hydrogen-bond acceptors (Lipinski definition) is 6. The summed E-state index contributed by atoms with van der Waals surface area (Å²) in [5.74, 6) is 0.706. The molecule has 3 aromatic carbocycles. The fraction of sp³-hybridized carbons (Fsp3) is 0.226. The summed E-state index contributed by atoms with van der Waals surface area (Å²) in [5, 5.41) is 6.29. The topological polar surface area (TPSA) is 75.6 Å². The van der Waals surface area contributed by atoms with Crippen molar-refractivity contribution in [2.45, 2.75) is 6.54 Å². The van der Waals surface area contributed by atoms with Crippen LogP contribution in [0.5, 0.6) is 11.5 Å². The first-order valence-corrected chi connectivity index (χ1v) is 13.6. The number of piperazine rings is 1. The molecule has 0 radical (unpaired) electrons. The number of benzene rings is 3. The number of halogens is 1. The first kappa shape index (κ1) is 26.0. The van der Waals surface area contributed by atoms with Crippen molar-refractivity contribution >= 4 is 34.2 Å². The van der Waals surface area contributed by atoms with E-state index in [9.17, 15) is 4.79 Å². The van der Waals surface area contributed by atoms with Crippen LogP contribution in [0.25, 0.3) is 22.0 Å². The molecule has 1 aliphatic rings. The third-order valence-electron chi connectivity index (χ3n) is 7.45. The van der Waals surface area contributed by atoms with Gasteiger partial charge in [0.05, 0.1) is 19.0 Å². The van der Waals surface area contributed by atoms with Crippen LogP contribution in [0.4, 0.5) is 5.69 Å². The zero-order chi connectivity index (χ0) is 27.6. The molecule has 0 atom stereocenters. The maximum absolute atomic E-state index is 12.5. The molecule has 6 rings (SSSR count). The van der Waals surface area contributed by atoms with Crippen molar-refractivity contribution in [2.75, 3.05) is 38.2 Å². The van der Waals surface area contributed by atoms with E-state index in [-0.39, 0.29) is 0 Å². The SMILES string of the molecule is COC(=O)c1ccc(N2CCN(Cc3c(-c4ccc(Cl)cc4)cnn3C)CC2)cc1Oc1ccc2[nH]ccc2c1. The Kier molecular flexibility index (Phi) is 7.19. The number of anilines is 1. The Morgan fingerprint density at radius 2 is 1.80 bits per heavy atom. The van der Waals surface area contributed by atoms with Gasteiger partial charge in [0, 0.05) is 79.2 Å². The van der Waals surface area contributed by atoms with Crippen LogP contribution in [-0.2, 0) is 18.3 Å².